The molecule has 0 aromatic heterocycles. The fraction of sp³-hybridized carbons (Fsp3) is 0.341. The van der Waals surface area contributed by atoms with Crippen LogP contribution in [0.5, 0.6) is 0 Å². The minimum Gasteiger partial charge on any atom is -0.380 e. The molecule has 0 spiro atoms. The number of anilines is 6. The number of hydrogen-bond acceptors (Lipinski definition) is 7. The SMILES string of the molecule is O=C(Nc1ccc(C(=O)N2CCOCC2)cc1)Nc1ccc(N2CCCCC2)c(F)c1.O=C(Nc1ccc(Cl)cc1)Nc1ccc(N2CCCOCC2)c(F)c1. The van der Waals surface area contributed by atoms with Crippen molar-refractivity contribution in [2.24, 2.45) is 0 Å². The zero-order valence-corrected chi connectivity index (χ0v) is 31.8. The lowest BCUT2D eigenvalue weighted by Gasteiger charge is -2.29. The van der Waals surface area contributed by atoms with E-state index in [4.69, 9.17) is 21.1 Å². The molecule has 56 heavy (non-hydrogen) atoms. The van der Waals surface area contributed by atoms with Gasteiger partial charge in [-0.25, -0.2) is 18.4 Å². The molecule has 4 aromatic rings. The van der Waals surface area contributed by atoms with E-state index in [2.05, 4.69) is 21.3 Å². The van der Waals surface area contributed by atoms with Crippen LogP contribution in [-0.2, 0) is 9.47 Å². The van der Waals surface area contributed by atoms with Gasteiger partial charge in [-0.3, -0.25) is 4.79 Å². The summed E-state index contributed by atoms with van der Waals surface area (Å²) in [5.41, 5.74) is 3.57. The molecule has 0 aliphatic carbocycles. The fourth-order valence-electron chi connectivity index (χ4n) is 6.57. The van der Waals surface area contributed by atoms with Gasteiger partial charge in [-0.1, -0.05) is 11.6 Å². The highest BCUT2D eigenvalue weighted by atomic mass is 35.5. The number of halogens is 3. The Kier molecular flexibility index (Phi) is 14.3. The second-order valence-corrected chi connectivity index (χ2v) is 13.9. The molecular weight excluding hydrogens is 744 g/mol. The number of ether oxygens (including phenoxy) is 2. The largest absolute Gasteiger partial charge is 0.380 e. The van der Waals surface area contributed by atoms with Crippen LogP contribution < -0.4 is 31.1 Å². The number of rotatable bonds is 7. The number of carbonyl (C=O) groups is 3. The van der Waals surface area contributed by atoms with E-state index in [0.29, 0.717) is 90.8 Å². The molecule has 15 heteroatoms. The lowest BCUT2D eigenvalue weighted by Crippen LogP contribution is -2.40. The lowest BCUT2D eigenvalue weighted by atomic mass is 10.1. The van der Waals surface area contributed by atoms with Crippen molar-refractivity contribution in [3.8, 4) is 0 Å². The molecule has 3 aliphatic rings. The van der Waals surface area contributed by atoms with Crippen molar-refractivity contribution in [2.75, 3.05) is 96.8 Å². The van der Waals surface area contributed by atoms with E-state index in [1.165, 1.54) is 18.6 Å². The van der Waals surface area contributed by atoms with Gasteiger partial charge in [0.15, 0.2) is 0 Å². The molecule has 3 aliphatic heterocycles. The number of nitrogens with one attached hydrogen (secondary N) is 4. The normalized spacial score (nSPS) is 15.8. The van der Waals surface area contributed by atoms with Crippen LogP contribution in [0, 0.1) is 11.6 Å². The molecule has 0 bridgehead atoms. The van der Waals surface area contributed by atoms with E-state index >= 15 is 0 Å². The Balaban J connectivity index is 0.000000194. The Morgan fingerprint density at radius 2 is 0.964 bits per heavy atom. The van der Waals surface area contributed by atoms with E-state index in [1.807, 2.05) is 9.80 Å². The molecule has 7 rings (SSSR count). The minimum absolute atomic E-state index is 0.0522. The summed E-state index contributed by atoms with van der Waals surface area (Å²) in [6.07, 6.45) is 4.18. The van der Waals surface area contributed by atoms with Gasteiger partial charge in [-0.05, 0) is 111 Å². The Morgan fingerprint density at radius 1 is 0.518 bits per heavy atom. The molecule has 5 amide bonds. The molecule has 4 aromatic carbocycles. The Morgan fingerprint density at radius 3 is 1.52 bits per heavy atom. The number of urea groups is 2. The van der Waals surface area contributed by atoms with Gasteiger partial charge in [0.1, 0.15) is 11.6 Å². The zero-order chi connectivity index (χ0) is 39.3. The maximum atomic E-state index is 14.5. The number of amides is 5. The number of benzene rings is 4. The van der Waals surface area contributed by atoms with Crippen molar-refractivity contribution in [2.45, 2.75) is 25.7 Å². The predicted molar refractivity (Wildman–Crippen MR) is 216 cm³/mol. The van der Waals surface area contributed by atoms with Gasteiger partial charge in [0.05, 0.1) is 31.2 Å². The van der Waals surface area contributed by atoms with E-state index in [9.17, 15) is 23.2 Å². The van der Waals surface area contributed by atoms with Gasteiger partial charge in [-0.15, -0.1) is 0 Å². The summed E-state index contributed by atoms with van der Waals surface area (Å²) >= 11 is 5.80. The van der Waals surface area contributed by atoms with Crippen molar-refractivity contribution in [1.29, 1.82) is 0 Å². The van der Waals surface area contributed by atoms with Crippen LogP contribution in [-0.4, -0.2) is 88.6 Å². The summed E-state index contributed by atoms with van der Waals surface area (Å²) in [7, 11) is 0. The van der Waals surface area contributed by atoms with E-state index in [0.717, 1.165) is 38.9 Å². The summed E-state index contributed by atoms with van der Waals surface area (Å²) in [5.74, 6) is -0.763. The first-order valence-electron chi connectivity index (χ1n) is 18.8. The molecule has 12 nitrogen and oxygen atoms in total. The summed E-state index contributed by atoms with van der Waals surface area (Å²) in [6, 6.07) is 22.0. The first-order chi connectivity index (χ1) is 27.2. The molecule has 3 saturated heterocycles. The first kappa shape index (κ1) is 40.2. The van der Waals surface area contributed by atoms with Crippen LogP contribution in [0.4, 0.5) is 52.5 Å². The number of hydrogen-bond donors (Lipinski definition) is 4. The lowest BCUT2D eigenvalue weighted by molar-refractivity contribution is 0.0303. The predicted octanol–water partition coefficient (Wildman–Crippen LogP) is 8.28. The first-order valence-corrected chi connectivity index (χ1v) is 19.1. The molecule has 3 heterocycles. The monoisotopic (exact) mass is 789 g/mol. The maximum absolute atomic E-state index is 14.5. The van der Waals surface area contributed by atoms with Crippen LogP contribution >= 0.6 is 11.6 Å². The summed E-state index contributed by atoms with van der Waals surface area (Å²) < 4.78 is 39.6. The molecule has 0 atom stereocenters. The van der Waals surface area contributed by atoms with Crippen LogP contribution in [0.1, 0.15) is 36.0 Å². The van der Waals surface area contributed by atoms with Crippen molar-refractivity contribution < 1.29 is 32.6 Å². The highest BCUT2D eigenvalue weighted by molar-refractivity contribution is 6.30. The third-order valence-corrected chi connectivity index (χ3v) is 9.71. The number of morpholine rings is 1. The van der Waals surface area contributed by atoms with Crippen LogP contribution in [0.2, 0.25) is 5.02 Å². The molecule has 3 fully saturated rings. The Bertz CT molecular complexity index is 1930. The van der Waals surface area contributed by atoms with Crippen molar-refractivity contribution >= 4 is 63.7 Å². The highest BCUT2D eigenvalue weighted by Gasteiger charge is 2.19. The van der Waals surface area contributed by atoms with E-state index in [1.54, 1.807) is 77.7 Å². The van der Waals surface area contributed by atoms with E-state index in [-0.39, 0.29) is 17.5 Å². The Labute approximate surface area is 330 Å². The quantitative estimate of drug-likeness (QED) is 0.149. The minimum atomic E-state index is -0.475. The standard InChI is InChI=1S/C23H27FN4O3.C18H19ClFN3O2/c24-20-16-19(8-9-21(20)27-10-2-1-3-11-27)26-23(30)25-18-6-4-17(5-7-18)22(29)28-12-14-31-15-13-28;19-13-2-4-14(5-3-13)21-18(24)22-15-6-7-17(16(20)12-15)23-8-1-10-25-11-9-23/h4-9,16H,1-3,10-15H2,(H2,25,26,30);2-7,12H,1,8-11H2,(H2,21,22,24). The van der Waals surface area contributed by atoms with Crippen LogP contribution in [0.3, 0.4) is 0 Å². The third kappa shape index (κ3) is 11.5. The smallest absolute Gasteiger partial charge is 0.323 e. The third-order valence-electron chi connectivity index (χ3n) is 9.46. The van der Waals surface area contributed by atoms with Gasteiger partial charge in [0, 0.05) is 79.2 Å². The molecule has 0 radical (unpaired) electrons. The molecule has 0 unspecified atom stereocenters. The van der Waals surface area contributed by atoms with Gasteiger partial charge in [0.2, 0.25) is 0 Å². The second-order valence-electron chi connectivity index (χ2n) is 13.5. The van der Waals surface area contributed by atoms with Crippen LogP contribution in [0.15, 0.2) is 84.9 Å². The average molecular weight is 790 g/mol. The van der Waals surface area contributed by atoms with Gasteiger partial charge in [0.25, 0.3) is 5.91 Å². The van der Waals surface area contributed by atoms with Crippen LogP contribution in [0.25, 0.3) is 0 Å². The zero-order valence-electron chi connectivity index (χ0n) is 31.0. The van der Waals surface area contributed by atoms with Crippen molar-refractivity contribution in [1.82, 2.24) is 4.90 Å². The van der Waals surface area contributed by atoms with E-state index < -0.39 is 12.1 Å². The molecule has 4 N–H and O–H groups in total. The topological polar surface area (TPSA) is 128 Å². The summed E-state index contributed by atoms with van der Waals surface area (Å²) in [6.45, 7) is 6.65. The van der Waals surface area contributed by atoms with Gasteiger partial charge >= 0.3 is 12.1 Å². The second kappa shape index (κ2) is 19.9. The highest BCUT2D eigenvalue weighted by Crippen LogP contribution is 2.27. The fourth-order valence-corrected chi connectivity index (χ4v) is 6.70. The Hall–Kier alpha value is -5.44. The molecular formula is C41H46ClF2N7O5. The number of piperidine rings is 1. The maximum Gasteiger partial charge on any atom is 0.323 e. The average Bonchev–Trinajstić information content (AvgIpc) is 3.49. The van der Waals surface area contributed by atoms with Gasteiger partial charge in [-0.2, -0.15) is 0 Å². The summed E-state index contributed by atoms with van der Waals surface area (Å²) in [5, 5.41) is 11.2. The van der Waals surface area contributed by atoms with Crippen molar-refractivity contribution in [3.63, 3.8) is 0 Å². The van der Waals surface area contributed by atoms with Crippen molar-refractivity contribution in [3.05, 3.63) is 107 Å². The molecule has 0 saturated carbocycles. The summed E-state index contributed by atoms with van der Waals surface area (Å²) in [4.78, 5) is 42.5. The number of nitrogens with zero attached hydrogens (tertiary/aromatic N) is 3. The molecule has 296 valence electrons. The van der Waals surface area contributed by atoms with Gasteiger partial charge < -0.3 is 45.4 Å². The number of carbonyl (C=O) groups excluding carboxylic acids is 3.